The zero-order valence-corrected chi connectivity index (χ0v) is 21.4. The Bertz CT molecular complexity index is 1440. The average Bonchev–Trinajstić information content (AvgIpc) is 3.05. The van der Waals surface area contributed by atoms with Gasteiger partial charge in [-0.1, -0.05) is 54.6 Å². The van der Waals surface area contributed by atoms with Gasteiger partial charge in [-0.2, -0.15) is 0 Å². The Morgan fingerprint density at radius 3 is 2.48 bits per heavy atom. The minimum Gasteiger partial charge on any atom is -0.481 e. The lowest BCUT2D eigenvalue weighted by atomic mass is 10.1. The highest BCUT2D eigenvalue weighted by molar-refractivity contribution is 6.06. The first-order valence-electron chi connectivity index (χ1n) is 12.5. The summed E-state index contributed by atoms with van der Waals surface area (Å²) in [6.45, 7) is -0.712. The highest BCUT2D eigenvalue weighted by Gasteiger charge is 2.38. The predicted molar refractivity (Wildman–Crippen MR) is 141 cm³/mol. The molecule has 1 aliphatic rings. The molecule has 12 heteroatoms. The van der Waals surface area contributed by atoms with E-state index in [1.165, 1.54) is 6.20 Å². The third kappa shape index (κ3) is 6.65. The summed E-state index contributed by atoms with van der Waals surface area (Å²) < 4.78 is 0. The SMILES string of the molecule is O=C[C@H](CC(=O)O)NC(=O)CN1C(=O)[C@@H](NC(=O)c2nccc3ccccc23)CCC(=O)N1Cc1ccccc1. The third-order valence-electron chi connectivity index (χ3n) is 6.35. The number of hydrogen-bond acceptors (Lipinski definition) is 7. The zero-order valence-electron chi connectivity index (χ0n) is 21.4. The van der Waals surface area contributed by atoms with Gasteiger partial charge in [0.25, 0.3) is 11.8 Å². The number of hydrazine groups is 1. The summed E-state index contributed by atoms with van der Waals surface area (Å²) in [4.78, 5) is 79.5. The molecule has 3 aromatic rings. The van der Waals surface area contributed by atoms with Crippen molar-refractivity contribution in [1.82, 2.24) is 25.6 Å². The minimum absolute atomic E-state index is 0.0203. The summed E-state index contributed by atoms with van der Waals surface area (Å²) >= 11 is 0. The maximum absolute atomic E-state index is 13.7. The minimum atomic E-state index is -1.32. The van der Waals surface area contributed by atoms with E-state index in [9.17, 15) is 28.8 Å². The quantitative estimate of drug-likeness (QED) is 0.318. The zero-order chi connectivity index (χ0) is 28.6. The number of nitrogens with one attached hydrogen (secondary N) is 2. The Morgan fingerprint density at radius 2 is 1.75 bits per heavy atom. The molecule has 0 unspecified atom stereocenters. The molecule has 1 fully saturated rings. The number of fused-ring (bicyclic) bond motifs is 1. The number of carbonyl (C=O) groups excluding carboxylic acids is 5. The normalized spacial score (nSPS) is 16.2. The van der Waals surface area contributed by atoms with Crippen LogP contribution in [0.4, 0.5) is 0 Å². The molecule has 1 aliphatic heterocycles. The van der Waals surface area contributed by atoms with Gasteiger partial charge in [-0.3, -0.25) is 29.0 Å². The molecule has 2 heterocycles. The van der Waals surface area contributed by atoms with E-state index in [1.54, 1.807) is 48.5 Å². The lowest BCUT2D eigenvalue weighted by Crippen LogP contribution is -2.57. The molecule has 4 rings (SSSR count). The van der Waals surface area contributed by atoms with Gasteiger partial charge in [0, 0.05) is 18.0 Å². The number of aliphatic carboxylic acids is 1. The van der Waals surface area contributed by atoms with E-state index in [-0.39, 0.29) is 31.4 Å². The number of carboxylic acid groups (broad SMARTS) is 1. The Morgan fingerprint density at radius 1 is 1.02 bits per heavy atom. The van der Waals surface area contributed by atoms with Gasteiger partial charge < -0.3 is 20.5 Å². The average molecular weight is 546 g/mol. The van der Waals surface area contributed by atoms with Crippen LogP contribution in [0.25, 0.3) is 10.8 Å². The predicted octanol–water partition coefficient (Wildman–Crippen LogP) is 1.06. The van der Waals surface area contributed by atoms with Crippen LogP contribution in [0.15, 0.2) is 66.9 Å². The van der Waals surface area contributed by atoms with E-state index in [4.69, 9.17) is 5.11 Å². The van der Waals surface area contributed by atoms with Gasteiger partial charge in [-0.05, 0) is 23.4 Å². The van der Waals surface area contributed by atoms with Gasteiger partial charge in [-0.25, -0.2) is 10.0 Å². The third-order valence-corrected chi connectivity index (χ3v) is 6.35. The van der Waals surface area contributed by atoms with Crippen molar-refractivity contribution in [2.24, 2.45) is 0 Å². The number of aldehydes is 1. The second-order valence-corrected chi connectivity index (χ2v) is 9.19. The highest BCUT2D eigenvalue weighted by atomic mass is 16.4. The van der Waals surface area contributed by atoms with Crippen LogP contribution in [0.3, 0.4) is 0 Å². The van der Waals surface area contributed by atoms with Gasteiger partial charge in [0.2, 0.25) is 11.8 Å². The van der Waals surface area contributed by atoms with Crippen molar-refractivity contribution in [1.29, 1.82) is 0 Å². The fourth-order valence-corrected chi connectivity index (χ4v) is 4.42. The van der Waals surface area contributed by atoms with Crippen LogP contribution in [0, 0.1) is 0 Å². The molecule has 0 spiro atoms. The van der Waals surface area contributed by atoms with Crippen LogP contribution < -0.4 is 10.6 Å². The van der Waals surface area contributed by atoms with Crippen molar-refractivity contribution in [2.45, 2.75) is 37.9 Å². The number of carboxylic acids is 1. The van der Waals surface area contributed by atoms with Gasteiger partial charge >= 0.3 is 5.97 Å². The van der Waals surface area contributed by atoms with E-state index in [2.05, 4.69) is 15.6 Å². The molecule has 0 radical (unpaired) electrons. The standard InChI is InChI=1S/C28H27N5O7/c34-17-20(14-25(37)38)30-23(35)16-33-28(40)22(10-11-24(36)32(33)15-18-6-2-1-3-7-18)31-27(39)26-21-9-5-4-8-19(21)12-13-29-26/h1-9,12-13,17,20,22H,10-11,14-16H2,(H,30,35)(H,31,39)(H,37,38)/t20-,22-/m0/s1. The monoisotopic (exact) mass is 545 g/mol. The lowest BCUT2D eigenvalue weighted by molar-refractivity contribution is -0.165. The van der Waals surface area contributed by atoms with Crippen LogP contribution in [-0.2, 0) is 30.5 Å². The van der Waals surface area contributed by atoms with Crippen LogP contribution in [0.5, 0.6) is 0 Å². The molecule has 0 bridgehead atoms. The fourth-order valence-electron chi connectivity index (χ4n) is 4.42. The van der Waals surface area contributed by atoms with Crippen LogP contribution in [0.2, 0.25) is 0 Å². The van der Waals surface area contributed by atoms with E-state index in [0.29, 0.717) is 10.9 Å². The van der Waals surface area contributed by atoms with Crippen LogP contribution in [0.1, 0.15) is 35.3 Å². The molecular formula is C28H27N5O7. The molecule has 2 atom stereocenters. The first-order chi connectivity index (χ1) is 19.3. The van der Waals surface area contributed by atoms with Crippen molar-refractivity contribution >= 4 is 46.7 Å². The first kappa shape index (κ1) is 27.9. The Balaban J connectivity index is 1.60. The first-order valence-corrected chi connectivity index (χ1v) is 12.5. The molecule has 4 amide bonds. The second kappa shape index (κ2) is 12.6. The number of carbonyl (C=O) groups is 6. The van der Waals surface area contributed by atoms with Gasteiger partial charge in [0.05, 0.1) is 19.0 Å². The van der Waals surface area contributed by atoms with Crippen molar-refractivity contribution in [3.8, 4) is 0 Å². The molecule has 40 heavy (non-hydrogen) atoms. The smallest absolute Gasteiger partial charge is 0.305 e. The van der Waals surface area contributed by atoms with Gasteiger partial charge in [-0.15, -0.1) is 0 Å². The second-order valence-electron chi connectivity index (χ2n) is 9.19. The summed E-state index contributed by atoms with van der Waals surface area (Å²) in [5, 5.41) is 17.3. The maximum atomic E-state index is 13.7. The van der Waals surface area contributed by atoms with Crippen molar-refractivity contribution in [3.63, 3.8) is 0 Å². The highest BCUT2D eigenvalue weighted by Crippen LogP contribution is 2.20. The molecular weight excluding hydrogens is 518 g/mol. The number of aromatic nitrogens is 1. The van der Waals surface area contributed by atoms with Gasteiger partial charge in [0.15, 0.2) is 0 Å². The van der Waals surface area contributed by atoms with E-state index in [1.807, 2.05) is 12.1 Å². The molecule has 1 saturated heterocycles. The van der Waals surface area contributed by atoms with Crippen LogP contribution in [-0.4, -0.2) is 74.6 Å². The Labute approximate surface area is 228 Å². The number of nitrogens with zero attached hydrogens (tertiary/aromatic N) is 3. The molecule has 1 aromatic heterocycles. The summed E-state index contributed by atoms with van der Waals surface area (Å²) in [7, 11) is 0. The number of hydrogen-bond donors (Lipinski definition) is 3. The fraction of sp³-hybridized carbons (Fsp3) is 0.250. The molecule has 2 aromatic carbocycles. The van der Waals surface area contributed by atoms with Crippen molar-refractivity contribution in [2.75, 3.05) is 6.54 Å². The molecule has 3 N–H and O–H groups in total. The Hall–Kier alpha value is -5.13. The molecule has 0 saturated carbocycles. The van der Waals surface area contributed by atoms with Crippen LogP contribution >= 0.6 is 0 Å². The topological polar surface area (TPSA) is 166 Å². The maximum Gasteiger partial charge on any atom is 0.305 e. The number of amides is 4. The summed E-state index contributed by atoms with van der Waals surface area (Å²) in [5.74, 6) is -3.94. The molecule has 12 nitrogen and oxygen atoms in total. The van der Waals surface area contributed by atoms with E-state index in [0.717, 1.165) is 15.4 Å². The van der Waals surface area contributed by atoms with E-state index < -0.39 is 54.6 Å². The summed E-state index contributed by atoms with van der Waals surface area (Å²) in [6.07, 6.45) is 0.999. The van der Waals surface area contributed by atoms with Crippen molar-refractivity contribution in [3.05, 3.63) is 78.1 Å². The Kier molecular flexibility index (Phi) is 8.79. The summed E-state index contributed by atoms with van der Waals surface area (Å²) in [5.41, 5.74) is 0.794. The largest absolute Gasteiger partial charge is 0.481 e. The molecule has 0 aliphatic carbocycles. The number of benzene rings is 2. The van der Waals surface area contributed by atoms with Crippen molar-refractivity contribution < 1.29 is 33.9 Å². The summed E-state index contributed by atoms with van der Waals surface area (Å²) in [6, 6.07) is 15.2. The number of rotatable bonds is 10. The molecule has 206 valence electrons. The van der Waals surface area contributed by atoms with Gasteiger partial charge in [0.1, 0.15) is 24.6 Å². The van der Waals surface area contributed by atoms with E-state index >= 15 is 0 Å². The lowest BCUT2D eigenvalue weighted by Gasteiger charge is -2.34. The number of pyridine rings is 1.